The molecule has 8 heteroatoms. The van der Waals surface area contributed by atoms with E-state index < -0.39 is 0 Å². The van der Waals surface area contributed by atoms with E-state index in [2.05, 4.69) is 74.1 Å². The molecule has 0 bridgehead atoms. The van der Waals surface area contributed by atoms with Crippen molar-refractivity contribution in [3.8, 4) is 33.8 Å². The van der Waals surface area contributed by atoms with Crippen LogP contribution in [-0.2, 0) is 0 Å². The monoisotopic (exact) mass is 486 g/mol. The standard InChI is InChI=1S/C29H26N8/c1-17(2)9-18(3)33-22-10-21(13-31-14-22)19-6-7-25-23(11-19)28(37-36-25)29-34-26-16-32-15-24(27(26)35-29)20-5-4-8-30-12-20/h4-8,10-17,33H,3,9H2,1-2H3,(H,34,35)(H,36,37). The summed E-state index contributed by atoms with van der Waals surface area (Å²) in [5.41, 5.74) is 9.17. The first-order valence-corrected chi connectivity index (χ1v) is 12.2. The second-order valence-corrected chi connectivity index (χ2v) is 9.53. The molecule has 182 valence electrons. The van der Waals surface area contributed by atoms with Gasteiger partial charge in [0.05, 0.1) is 29.1 Å². The van der Waals surface area contributed by atoms with Crippen molar-refractivity contribution in [1.29, 1.82) is 0 Å². The molecule has 0 spiro atoms. The fourth-order valence-electron chi connectivity index (χ4n) is 4.57. The molecule has 0 atom stereocenters. The van der Waals surface area contributed by atoms with Crippen molar-refractivity contribution in [2.45, 2.75) is 20.3 Å². The zero-order chi connectivity index (χ0) is 25.4. The predicted molar refractivity (Wildman–Crippen MR) is 148 cm³/mol. The molecule has 8 nitrogen and oxygen atoms in total. The van der Waals surface area contributed by atoms with Crippen molar-refractivity contribution in [2.24, 2.45) is 5.92 Å². The summed E-state index contributed by atoms with van der Waals surface area (Å²) in [6.07, 6.45) is 11.8. The van der Waals surface area contributed by atoms with E-state index in [1.165, 1.54) is 0 Å². The van der Waals surface area contributed by atoms with Crippen molar-refractivity contribution in [2.75, 3.05) is 5.32 Å². The van der Waals surface area contributed by atoms with Gasteiger partial charge in [0, 0.05) is 52.6 Å². The molecule has 0 radical (unpaired) electrons. The Labute approximate surface area is 214 Å². The SMILES string of the molecule is C=C(CC(C)C)Nc1cncc(-c2ccc3[nH]nc(-c4nc5c(-c6cccnc6)cncc5[nH]4)c3c2)c1. The summed E-state index contributed by atoms with van der Waals surface area (Å²) in [6.45, 7) is 8.50. The van der Waals surface area contributed by atoms with Crippen LogP contribution in [0.4, 0.5) is 5.69 Å². The largest absolute Gasteiger partial charge is 0.358 e. The molecule has 0 amide bonds. The van der Waals surface area contributed by atoms with Gasteiger partial charge in [-0.15, -0.1) is 0 Å². The van der Waals surface area contributed by atoms with E-state index in [0.29, 0.717) is 11.7 Å². The highest BCUT2D eigenvalue weighted by Gasteiger charge is 2.16. The van der Waals surface area contributed by atoms with Crippen molar-refractivity contribution >= 4 is 27.6 Å². The van der Waals surface area contributed by atoms with Gasteiger partial charge in [-0.25, -0.2) is 4.98 Å². The number of H-pyrrole nitrogens is 2. The first kappa shape index (κ1) is 22.6. The fourth-order valence-corrected chi connectivity index (χ4v) is 4.57. The summed E-state index contributed by atoms with van der Waals surface area (Å²) in [7, 11) is 0. The van der Waals surface area contributed by atoms with Gasteiger partial charge >= 0.3 is 0 Å². The van der Waals surface area contributed by atoms with Crippen molar-refractivity contribution in [1.82, 2.24) is 35.1 Å². The first-order chi connectivity index (χ1) is 18.0. The minimum atomic E-state index is 0.535. The summed E-state index contributed by atoms with van der Waals surface area (Å²) in [5.74, 6) is 1.21. The maximum atomic E-state index is 4.92. The Bertz CT molecular complexity index is 1730. The number of benzene rings is 1. The summed E-state index contributed by atoms with van der Waals surface area (Å²) >= 11 is 0. The summed E-state index contributed by atoms with van der Waals surface area (Å²) < 4.78 is 0. The second-order valence-electron chi connectivity index (χ2n) is 9.53. The van der Waals surface area contributed by atoms with Gasteiger partial charge in [-0.3, -0.25) is 20.1 Å². The summed E-state index contributed by atoms with van der Waals surface area (Å²) in [4.78, 5) is 21.4. The molecule has 6 aromatic rings. The normalized spacial score (nSPS) is 11.4. The lowest BCUT2D eigenvalue weighted by Gasteiger charge is -2.12. The third-order valence-corrected chi connectivity index (χ3v) is 6.20. The van der Waals surface area contributed by atoms with E-state index in [1.54, 1.807) is 12.4 Å². The van der Waals surface area contributed by atoms with Crippen LogP contribution < -0.4 is 5.32 Å². The molecule has 5 aromatic heterocycles. The molecule has 0 unspecified atom stereocenters. The maximum absolute atomic E-state index is 4.92. The number of aromatic nitrogens is 7. The van der Waals surface area contributed by atoms with E-state index in [1.807, 2.05) is 43.0 Å². The first-order valence-electron chi connectivity index (χ1n) is 12.2. The van der Waals surface area contributed by atoms with Gasteiger partial charge in [0.25, 0.3) is 0 Å². The second kappa shape index (κ2) is 9.31. The lowest BCUT2D eigenvalue weighted by Crippen LogP contribution is -2.02. The molecule has 1 aromatic carbocycles. The van der Waals surface area contributed by atoms with Crippen LogP contribution in [0.2, 0.25) is 0 Å². The van der Waals surface area contributed by atoms with Gasteiger partial charge < -0.3 is 10.3 Å². The smallest absolute Gasteiger partial charge is 0.159 e. The highest BCUT2D eigenvalue weighted by atomic mass is 15.1. The molecule has 37 heavy (non-hydrogen) atoms. The summed E-state index contributed by atoms with van der Waals surface area (Å²) in [6, 6.07) is 12.2. The van der Waals surface area contributed by atoms with Gasteiger partial charge in [0.15, 0.2) is 5.82 Å². The van der Waals surface area contributed by atoms with Gasteiger partial charge in [-0.05, 0) is 42.2 Å². The van der Waals surface area contributed by atoms with Crippen molar-refractivity contribution < 1.29 is 0 Å². The fraction of sp³-hybridized carbons (Fsp3) is 0.138. The third-order valence-electron chi connectivity index (χ3n) is 6.20. The quantitative estimate of drug-likeness (QED) is 0.235. The Kier molecular flexibility index (Phi) is 5.69. The van der Waals surface area contributed by atoms with Crippen LogP contribution in [0.1, 0.15) is 20.3 Å². The maximum Gasteiger partial charge on any atom is 0.159 e. The summed E-state index contributed by atoms with van der Waals surface area (Å²) in [5, 5.41) is 12.1. The molecular weight excluding hydrogens is 460 g/mol. The van der Waals surface area contributed by atoms with E-state index in [9.17, 15) is 0 Å². The zero-order valence-corrected chi connectivity index (χ0v) is 20.7. The molecule has 0 aliphatic heterocycles. The average molecular weight is 487 g/mol. The van der Waals surface area contributed by atoms with Gasteiger partial charge in [-0.1, -0.05) is 32.6 Å². The number of fused-ring (bicyclic) bond motifs is 2. The number of anilines is 1. The lowest BCUT2D eigenvalue weighted by molar-refractivity contribution is 0.645. The van der Waals surface area contributed by atoms with E-state index >= 15 is 0 Å². The molecule has 0 fully saturated rings. The van der Waals surface area contributed by atoms with Crippen molar-refractivity contribution in [3.05, 3.63) is 85.9 Å². The molecule has 0 aliphatic rings. The molecule has 3 N–H and O–H groups in total. The minimum Gasteiger partial charge on any atom is -0.358 e. The number of hydrogen-bond donors (Lipinski definition) is 3. The highest BCUT2D eigenvalue weighted by molar-refractivity contribution is 5.98. The van der Waals surface area contributed by atoms with E-state index in [-0.39, 0.29) is 0 Å². The molecule has 6 rings (SSSR count). The van der Waals surface area contributed by atoms with Crippen LogP contribution >= 0.6 is 0 Å². The Hall–Kier alpha value is -4.85. The number of imidazole rings is 1. The third kappa shape index (κ3) is 4.45. The minimum absolute atomic E-state index is 0.535. The molecule has 0 saturated heterocycles. The molecular formula is C29H26N8. The van der Waals surface area contributed by atoms with Gasteiger partial charge in [0.2, 0.25) is 0 Å². The number of pyridine rings is 3. The Morgan fingerprint density at radius 2 is 1.78 bits per heavy atom. The van der Waals surface area contributed by atoms with Crippen LogP contribution in [0.3, 0.4) is 0 Å². The Morgan fingerprint density at radius 1 is 0.919 bits per heavy atom. The van der Waals surface area contributed by atoms with Crippen LogP contribution in [-0.4, -0.2) is 35.1 Å². The van der Waals surface area contributed by atoms with Gasteiger partial charge in [0.1, 0.15) is 11.2 Å². The van der Waals surface area contributed by atoms with Crippen LogP contribution in [0.25, 0.3) is 55.7 Å². The highest BCUT2D eigenvalue weighted by Crippen LogP contribution is 2.33. The van der Waals surface area contributed by atoms with E-state index in [4.69, 9.17) is 4.98 Å². The van der Waals surface area contributed by atoms with Crippen LogP contribution in [0.5, 0.6) is 0 Å². The molecule has 0 saturated carbocycles. The zero-order valence-electron chi connectivity index (χ0n) is 20.7. The topological polar surface area (TPSA) is 108 Å². The number of allylic oxidation sites excluding steroid dienone is 1. The molecule has 5 heterocycles. The van der Waals surface area contributed by atoms with Crippen LogP contribution in [0, 0.1) is 5.92 Å². The number of aromatic amines is 2. The Balaban J connectivity index is 1.38. The predicted octanol–water partition coefficient (Wildman–Crippen LogP) is 6.60. The Morgan fingerprint density at radius 3 is 2.62 bits per heavy atom. The van der Waals surface area contributed by atoms with Crippen LogP contribution in [0.15, 0.2) is 85.9 Å². The average Bonchev–Trinajstić information content (AvgIpc) is 3.52. The number of nitrogens with one attached hydrogen (secondary N) is 3. The van der Waals surface area contributed by atoms with Gasteiger partial charge in [-0.2, -0.15) is 5.10 Å². The van der Waals surface area contributed by atoms with E-state index in [0.717, 1.165) is 67.7 Å². The number of rotatable bonds is 7. The van der Waals surface area contributed by atoms with Crippen molar-refractivity contribution in [3.63, 3.8) is 0 Å². The number of nitrogens with zero attached hydrogens (tertiary/aromatic N) is 5. The number of hydrogen-bond acceptors (Lipinski definition) is 6. The lowest BCUT2D eigenvalue weighted by atomic mass is 10.0. The molecule has 0 aliphatic carbocycles.